The third-order valence-electron chi connectivity index (χ3n) is 4.38. The van der Waals surface area contributed by atoms with E-state index in [-0.39, 0.29) is 6.10 Å². The van der Waals surface area contributed by atoms with Crippen LogP contribution in [-0.2, 0) is 0 Å². The number of aliphatic hydroxyl groups is 1. The second-order valence-corrected chi connectivity index (χ2v) is 5.69. The summed E-state index contributed by atoms with van der Waals surface area (Å²) in [6.45, 7) is 0. The number of hydrogen-bond acceptors (Lipinski definition) is 2. The largest absolute Gasteiger partial charge is 0.388 e. The fourth-order valence-electron chi connectivity index (χ4n) is 3.25. The van der Waals surface area contributed by atoms with Crippen LogP contribution in [-0.4, -0.2) is 10.1 Å². The second-order valence-electron chi connectivity index (χ2n) is 5.69. The van der Waals surface area contributed by atoms with Crippen molar-refractivity contribution in [3.8, 4) is 0 Å². The molecule has 1 aliphatic carbocycles. The first-order valence-corrected chi connectivity index (χ1v) is 7.35. The predicted molar refractivity (Wildman–Crippen MR) is 77.9 cm³/mol. The molecule has 2 aromatic rings. The maximum absolute atomic E-state index is 10.4. The Kier molecular flexibility index (Phi) is 3.79. The van der Waals surface area contributed by atoms with Crippen LogP contribution in [0.4, 0.5) is 0 Å². The number of pyridine rings is 1. The zero-order valence-corrected chi connectivity index (χ0v) is 11.3. The smallest absolute Gasteiger partial charge is 0.0811 e. The molecule has 1 unspecified atom stereocenters. The molecule has 1 aliphatic rings. The average Bonchev–Trinajstić information content (AvgIpc) is 2.97. The minimum atomic E-state index is -0.376. The van der Waals surface area contributed by atoms with E-state index in [2.05, 4.69) is 17.1 Å². The number of nitrogens with zero attached hydrogens (tertiary/aromatic N) is 1. The van der Waals surface area contributed by atoms with E-state index in [1.54, 1.807) is 0 Å². The molecule has 0 aliphatic heterocycles. The first-order valence-electron chi connectivity index (χ1n) is 7.35. The van der Waals surface area contributed by atoms with E-state index in [1.807, 2.05) is 24.5 Å². The van der Waals surface area contributed by atoms with Gasteiger partial charge in [-0.3, -0.25) is 4.98 Å². The van der Waals surface area contributed by atoms with Crippen LogP contribution in [0.1, 0.15) is 50.2 Å². The Morgan fingerprint density at radius 3 is 2.79 bits per heavy atom. The SMILES string of the molecule is OC(CCC1CCCC1)c1cncc2ccccc12. The zero-order chi connectivity index (χ0) is 13.1. The third-order valence-corrected chi connectivity index (χ3v) is 4.38. The third kappa shape index (κ3) is 2.79. The fraction of sp³-hybridized carbons (Fsp3) is 0.471. The summed E-state index contributed by atoms with van der Waals surface area (Å²) >= 11 is 0. The lowest BCUT2D eigenvalue weighted by Gasteiger charge is -2.15. The lowest BCUT2D eigenvalue weighted by Crippen LogP contribution is -2.03. The van der Waals surface area contributed by atoms with Crippen molar-refractivity contribution in [1.82, 2.24) is 4.98 Å². The van der Waals surface area contributed by atoms with Crippen molar-refractivity contribution in [2.75, 3.05) is 0 Å². The second kappa shape index (κ2) is 5.70. The van der Waals surface area contributed by atoms with E-state index >= 15 is 0 Å². The Balaban J connectivity index is 1.75. The molecule has 1 aromatic carbocycles. The fourth-order valence-corrected chi connectivity index (χ4v) is 3.25. The molecule has 0 amide bonds. The number of rotatable bonds is 4. The maximum atomic E-state index is 10.4. The van der Waals surface area contributed by atoms with Gasteiger partial charge in [0.25, 0.3) is 0 Å². The summed E-state index contributed by atoms with van der Waals surface area (Å²) in [4.78, 5) is 4.25. The van der Waals surface area contributed by atoms with E-state index in [4.69, 9.17) is 0 Å². The number of benzene rings is 1. The van der Waals surface area contributed by atoms with Gasteiger partial charge in [-0.1, -0.05) is 49.9 Å². The van der Waals surface area contributed by atoms with E-state index < -0.39 is 0 Å². The van der Waals surface area contributed by atoms with Gasteiger partial charge in [0.05, 0.1) is 6.10 Å². The van der Waals surface area contributed by atoms with E-state index in [9.17, 15) is 5.11 Å². The molecule has 0 bridgehead atoms. The van der Waals surface area contributed by atoms with Crippen LogP contribution in [0.2, 0.25) is 0 Å². The highest BCUT2D eigenvalue weighted by molar-refractivity contribution is 5.84. The molecule has 1 N–H and O–H groups in total. The summed E-state index contributed by atoms with van der Waals surface area (Å²) in [5.41, 5.74) is 0.982. The van der Waals surface area contributed by atoms with Crippen molar-refractivity contribution in [2.24, 2.45) is 5.92 Å². The van der Waals surface area contributed by atoms with Crippen LogP contribution in [0.5, 0.6) is 0 Å². The van der Waals surface area contributed by atoms with E-state index in [1.165, 1.54) is 25.7 Å². The van der Waals surface area contributed by atoms with Gasteiger partial charge in [-0.15, -0.1) is 0 Å². The highest BCUT2D eigenvalue weighted by Crippen LogP contribution is 2.32. The molecule has 1 saturated carbocycles. The average molecular weight is 255 g/mol. The lowest BCUT2D eigenvalue weighted by molar-refractivity contribution is 0.158. The quantitative estimate of drug-likeness (QED) is 0.886. The highest BCUT2D eigenvalue weighted by Gasteiger charge is 2.18. The Labute approximate surface area is 114 Å². The molecule has 1 aromatic heterocycles. The van der Waals surface area contributed by atoms with Gasteiger partial charge >= 0.3 is 0 Å². The van der Waals surface area contributed by atoms with Gasteiger partial charge in [0.1, 0.15) is 0 Å². The van der Waals surface area contributed by atoms with Crippen LogP contribution >= 0.6 is 0 Å². The zero-order valence-electron chi connectivity index (χ0n) is 11.3. The van der Waals surface area contributed by atoms with Gasteiger partial charge in [-0.05, 0) is 24.1 Å². The summed E-state index contributed by atoms with van der Waals surface area (Å²) in [5, 5.41) is 12.7. The van der Waals surface area contributed by atoms with Crippen molar-refractivity contribution in [1.29, 1.82) is 0 Å². The van der Waals surface area contributed by atoms with Crippen molar-refractivity contribution < 1.29 is 5.11 Å². The minimum absolute atomic E-state index is 0.376. The summed E-state index contributed by atoms with van der Waals surface area (Å²) in [6, 6.07) is 8.16. The monoisotopic (exact) mass is 255 g/mol. The van der Waals surface area contributed by atoms with Crippen LogP contribution in [0, 0.1) is 5.92 Å². The molecule has 0 spiro atoms. The van der Waals surface area contributed by atoms with Gasteiger partial charge in [-0.2, -0.15) is 0 Å². The normalized spacial score (nSPS) is 17.9. The first-order chi connectivity index (χ1) is 9.34. The van der Waals surface area contributed by atoms with Gasteiger partial charge < -0.3 is 5.11 Å². The molecule has 100 valence electrons. The number of hydrogen-bond donors (Lipinski definition) is 1. The molecular weight excluding hydrogens is 234 g/mol. The summed E-state index contributed by atoms with van der Waals surface area (Å²) in [5.74, 6) is 0.831. The topological polar surface area (TPSA) is 33.1 Å². The molecule has 3 rings (SSSR count). The van der Waals surface area contributed by atoms with Gasteiger partial charge in [0.2, 0.25) is 0 Å². The van der Waals surface area contributed by atoms with E-state index in [0.29, 0.717) is 0 Å². The van der Waals surface area contributed by atoms with Crippen molar-refractivity contribution in [3.63, 3.8) is 0 Å². The number of aliphatic hydroxyl groups excluding tert-OH is 1. The molecule has 2 nitrogen and oxygen atoms in total. The standard InChI is InChI=1S/C17H21NO/c19-17(10-9-13-5-1-2-6-13)16-12-18-11-14-7-3-4-8-15(14)16/h3-4,7-8,11-13,17,19H,1-2,5-6,9-10H2. The highest BCUT2D eigenvalue weighted by atomic mass is 16.3. The first kappa shape index (κ1) is 12.6. The van der Waals surface area contributed by atoms with Crippen molar-refractivity contribution in [2.45, 2.75) is 44.6 Å². The summed E-state index contributed by atoms with van der Waals surface area (Å²) < 4.78 is 0. The Hall–Kier alpha value is -1.41. The molecule has 2 heteroatoms. The van der Waals surface area contributed by atoms with Gasteiger partial charge in [-0.25, -0.2) is 0 Å². The predicted octanol–water partition coefficient (Wildman–Crippen LogP) is 4.24. The van der Waals surface area contributed by atoms with Gasteiger partial charge in [0, 0.05) is 23.3 Å². The van der Waals surface area contributed by atoms with Crippen LogP contribution in [0.3, 0.4) is 0 Å². The van der Waals surface area contributed by atoms with Crippen molar-refractivity contribution >= 4 is 10.8 Å². The van der Waals surface area contributed by atoms with E-state index in [0.717, 1.165) is 35.1 Å². The molecule has 19 heavy (non-hydrogen) atoms. The summed E-state index contributed by atoms with van der Waals surface area (Å²) in [6.07, 6.45) is 10.8. The lowest BCUT2D eigenvalue weighted by atomic mass is 9.95. The number of fused-ring (bicyclic) bond motifs is 1. The van der Waals surface area contributed by atoms with Crippen LogP contribution in [0.15, 0.2) is 36.7 Å². The maximum Gasteiger partial charge on any atom is 0.0811 e. The molecule has 1 fully saturated rings. The van der Waals surface area contributed by atoms with Crippen LogP contribution < -0.4 is 0 Å². The molecule has 0 radical (unpaired) electrons. The number of aromatic nitrogens is 1. The Morgan fingerprint density at radius 2 is 1.95 bits per heavy atom. The Bertz CT molecular complexity index is 540. The molecule has 1 atom stereocenters. The Morgan fingerprint density at radius 1 is 1.16 bits per heavy atom. The molecular formula is C17H21NO. The van der Waals surface area contributed by atoms with Crippen LogP contribution in [0.25, 0.3) is 10.8 Å². The molecule has 1 heterocycles. The van der Waals surface area contributed by atoms with Crippen molar-refractivity contribution in [3.05, 3.63) is 42.2 Å². The minimum Gasteiger partial charge on any atom is -0.388 e. The van der Waals surface area contributed by atoms with Gasteiger partial charge in [0.15, 0.2) is 0 Å². The molecule has 0 saturated heterocycles. The summed E-state index contributed by atoms with van der Waals surface area (Å²) in [7, 11) is 0.